The van der Waals surface area contributed by atoms with Crippen LogP contribution in [0.4, 0.5) is 4.39 Å². The molecule has 9 heteroatoms. The summed E-state index contributed by atoms with van der Waals surface area (Å²) < 4.78 is 18.1. The van der Waals surface area contributed by atoms with Crippen molar-refractivity contribution < 1.29 is 23.5 Å². The monoisotopic (exact) mass is 426 g/mol. The van der Waals surface area contributed by atoms with E-state index in [-0.39, 0.29) is 55.8 Å². The molecule has 3 amide bonds. The van der Waals surface area contributed by atoms with E-state index in [1.807, 2.05) is 0 Å². The number of benzene rings is 2. The maximum atomic E-state index is 13.0. The predicted octanol–water partition coefficient (Wildman–Crippen LogP) is 1.86. The maximum absolute atomic E-state index is 13.0. The lowest BCUT2D eigenvalue weighted by Gasteiger charge is -2.23. The van der Waals surface area contributed by atoms with Gasteiger partial charge in [-0.15, -0.1) is 0 Å². The standard InChI is InChI=1S/C22H23FN4O4/c1-31-18-8-4-16(5-9-18)21(29)24-12-13-25-22(30)19-10-11-20(28)27(26-19)14-15-2-6-17(23)7-3-15/h2-9H,10-14H2,1H3,(H,24,29)(H,25,30). The summed E-state index contributed by atoms with van der Waals surface area (Å²) >= 11 is 0. The zero-order valence-electron chi connectivity index (χ0n) is 17.1. The molecule has 0 spiro atoms. The van der Waals surface area contributed by atoms with Gasteiger partial charge in [-0.05, 0) is 42.0 Å². The van der Waals surface area contributed by atoms with Crippen molar-refractivity contribution in [3.05, 3.63) is 65.5 Å². The Morgan fingerprint density at radius 1 is 1.00 bits per heavy atom. The van der Waals surface area contributed by atoms with E-state index >= 15 is 0 Å². The van der Waals surface area contributed by atoms with Crippen LogP contribution >= 0.6 is 0 Å². The quantitative estimate of drug-likeness (QED) is 0.630. The molecule has 0 fully saturated rings. The van der Waals surface area contributed by atoms with Crippen LogP contribution in [-0.2, 0) is 16.1 Å². The van der Waals surface area contributed by atoms with Crippen LogP contribution in [0.1, 0.15) is 28.8 Å². The first-order valence-electron chi connectivity index (χ1n) is 9.79. The number of nitrogens with one attached hydrogen (secondary N) is 2. The van der Waals surface area contributed by atoms with Crippen molar-refractivity contribution in [1.29, 1.82) is 0 Å². The maximum Gasteiger partial charge on any atom is 0.267 e. The summed E-state index contributed by atoms with van der Waals surface area (Å²) in [5.41, 5.74) is 1.43. The van der Waals surface area contributed by atoms with Crippen molar-refractivity contribution in [2.45, 2.75) is 19.4 Å². The van der Waals surface area contributed by atoms with Gasteiger partial charge in [0.25, 0.3) is 11.8 Å². The number of nitrogens with zero attached hydrogens (tertiary/aromatic N) is 2. The van der Waals surface area contributed by atoms with Gasteiger partial charge >= 0.3 is 0 Å². The Labute approximate surface area is 179 Å². The molecule has 0 unspecified atom stereocenters. The van der Waals surface area contributed by atoms with Crippen molar-refractivity contribution in [3.8, 4) is 5.75 Å². The van der Waals surface area contributed by atoms with Crippen molar-refractivity contribution in [2.75, 3.05) is 20.2 Å². The van der Waals surface area contributed by atoms with E-state index in [2.05, 4.69) is 15.7 Å². The fourth-order valence-corrected chi connectivity index (χ4v) is 2.95. The van der Waals surface area contributed by atoms with Crippen LogP contribution in [0.5, 0.6) is 5.75 Å². The Balaban J connectivity index is 1.48. The summed E-state index contributed by atoms with van der Waals surface area (Å²) in [6.07, 6.45) is 0.407. The van der Waals surface area contributed by atoms with Gasteiger partial charge in [0.05, 0.1) is 13.7 Å². The second-order valence-corrected chi connectivity index (χ2v) is 6.86. The van der Waals surface area contributed by atoms with Gasteiger partial charge in [-0.25, -0.2) is 9.40 Å². The fourth-order valence-electron chi connectivity index (χ4n) is 2.95. The summed E-state index contributed by atoms with van der Waals surface area (Å²) in [7, 11) is 1.55. The molecule has 2 aromatic carbocycles. The van der Waals surface area contributed by atoms with Gasteiger partial charge in [0.2, 0.25) is 5.91 Å². The van der Waals surface area contributed by atoms with Crippen molar-refractivity contribution in [1.82, 2.24) is 15.6 Å². The van der Waals surface area contributed by atoms with Crippen LogP contribution in [-0.4, -0.2) is 48.6 Å². The van der Waals surface area contributed by atoms with Crippen LogP contribution in [0.25, 0.3) is 0 Å². The molecule has 2 N–H and O–H groups in total. The number of carbonyl (C=O) groups is 3. The Morgan fingerprint density at radius 3 is 2.29 bits per heavy atom. The first kappa shape index (κ1) is 21.9. The summed E-state index contributed by atoms with van der Waals surface area (Å²) in [5, 5.41) is 10.8. The third-order valence-electron chi connectivity index (χ3n) is 4.66. The minimum Gasteiger partial charge on any atom is -0.497 e. The number of amides is 3. The van der Waals surface area contributed by atoms with Crippen molar-refractivity contribution >= 4 is 23.4 Å². The van der Waals surface area contributed by atoms with E-state index in [1.165, 1.54) is 17.1 Å². The van der Waals surface area contributed by atoms with Gasteiger partial charge in [-0.1, -0.05) is 12.1 Å². The van der Waals surface area contributed by atoms with E-state index in [9.17, 15) is 18.8 Å². The topological polar surface area (TPSA) is 100 Å². The molecule has 3 rings (SSSR count). The van der Waals surface area contributed by atoms with Gasteiger partial charge in [-0.3, -0.25) is 14.4 Å². The lowest BCUT2D eigenvalue weighted by molar-refractivity contribution is -0.132. The van der Waals surface area contributed by atoms with Gasteiger partial charge in [0.1, 0.15) is 17.3 Å². The predicted molar refractivity (Wildman–Crippen MR) is 112 cm³/mol. The van der Waals surface area contributed by atoms with E-state index in [4.69, 9.17) is 4.74 Å². The minimum absolute atomic E-state index is 0.161. The number of hydrazone groups is 1. The van der Waals surface area contributed by atoms with Crippen LogP contribution in [0.3, 0.4) is 0 Å². The highest BCUT2D eigenvalue weighted by molar-refractivity contribution is 6.39. The molecule has 0 bridgehead atoms. The molecule has 8 nitrogen and oxygen atoms in total. The molecule has 2 aromatic rings. The van der Waals surface area contributed by atoms with E-state index in [1.54, 1.807) is 43.5 Å². The third-order valence-corrected chi connectivity index (χ3v) is 4.66. The zero-order chi connectivity index (χ0) is 22.2. The first-order valence-corrected chi connectivity index (χ1v) is 9.79. The summed E-state index contributed by atoms with van der Waals surface area (Å²) in [6, 6.07) is 12.4. The number of methoxy groups -OCH3 is 1. The molecule has 0 radical (unpaired) electrons. The van der Waals surface area contributed by atoms with Crippen LogP contribution in [0.2, 0.25) is 0 Å². The van der Waals surface area contributed by atoms with E-state index < -0.39 is 5.91 Å². The highest BCUT2D eigenvalue weighted by Gasteiger charge is 2.24. The van der Waals surface area contributed by atoms with E-state index in [0.29, 0.717) is 16.9 Å². The fraction of sp³-hybridized carbons (Fsp3) is 0.273. The third kappa shape index (κ3) is 6.11. The SMILES string of the molecule is COc1ccc(C(=O)NCCNC(=O)C2=NN(Cc3ccc(F)cc3)C(=O)CC2)cc1. The molecular formula is C22H23FN4O4. The van der Waals surface area contributed by atoms with Gasteiger partial charge in [-0.2, -0.15) is 5.10 Å². The molecule has 0 saturated carbocycles. The van der Waals surface area contributed by atoms with Crippen molar-refractivity contribution in [3.63, 3.8) is 0 Å². The highest BCUT2D eigenvalue weighted by Crippen LogP contribution is 2.14. The number of halogens is 1. The minimum atomic E-state index is -0.393. The number of rotatable bonds is 8. The van der Waals surface area contributed by atoms with Gasteiger partial charge < -0.3 is 15.4 Å². The second-order valence-electron chi connectivity index (χ2n) is 6.86. The normalized spacial score (nSPS) is 13.4. The molecule has 0 atom stereocenters. The summed E-state index contributed by atoms with van der Waals surface area (Å²) in [5.74, 6) is -0.564. The smallest absolute Gasteiger partial charge is 0.267 e. The van der Waals surface area contributed by atoms with Crippen LogP contribution < -0.4 is 15.4 Å². The average molecular weight is 426 g/mol. The Kier molecular flexibility index (Phi) is 7.31. The van der Waals surface area contributed by atoms with Gasteiger partial charge in [0, 0.05) is 31.5 Å². The Hall–Kier alpha value is -3.75. The van der Waals surface area contributed by atoms with Crippen LogP contribution in [0.15, 0.2) is 53.6 Å². The molecule has 0 aromatic heterocycles. The number of carbonyl (C=O) groups excluding carboxylic acids is 3. The Morgan fingerprint density at radius 2 is 1.65 bits per heavy atom. The number of hydrogen-bond acceptors (Lipinski definition) is 5. The molecule has 0 saturated heterocycles. The molecule has 31 heavy (non-hydrogen) atoms. The molecule has 1 aliphatic heterocycles. The Bertz CT molecular complexity index is 974. The zero-order valence-corrected chi connectivity index (χ0v) is 17.1. The second kappa shape index (κ2) is 10.3. The number of ether oxygens (including phenoxy) is 1. The van der Waals surface area contributed by atoms with Gasteiger partial charge in [0.15, 0.2) is 0 Å². The summed E-state index contributed by atoms with van der Waals surface area (Å²) in [6.45, 7) is 0.613. The molecule has 162 valence electrons. The first-order chi connectivity index (χ1) is 15.0. The molecule has 1 heterocycles. The number of hydrogen-bond donors (Lipinski definition) is 2. The average Bonchev–Trinajstić information content (AvgIpc) is 2.79. The van der Waals surface area contributed by atoms with Crippen LogP contribution in [0, 0.1) is 5.82 Å². The molecule has 1 aliphatic rings. The lowest BCUT2D eigenvalue weighted by atomic mass is 10.1. The summed E-state index contributed by atoms with van der Waals surface area (Å²) in [4.78, 5) is 36.6. The van der Waals surface area contributed by atoms with E-state index in [0.717, 1.165) is 0 Å². The molecular weight excluding hydrogens is 403 g/mol. The van der Waals surface area contributed by atoms with Crippen molar-refractivity contribution in [2.24, 2.45) is 5.10 Å². The molecule has 0 aliphatic carbocycles. The largest absolute Gasteiger partial charge is 0.497 e. The lowest BCUT2D eigenvalue weighted by Crippen LogP contribution is -2.41. The highest BCUT2D eigenvalue weighted by atomic mass is 19.1.